The van der Waals surface area contributed by atoms with Crippen LogP contribution in [0.5, 0.6) is 5.75 Å². The van der Waals surface area contributed by atoms with Crippen LogP contribution < -0.4 is 4.74 Å². The molecule has 0 aromatic heterocycles. The lowest BCUT2D eigenvalue weighted by atomic mass is 10.3. The molecule has 1 fully saturated rings. The fourth-order valence-corrected chi connectivity index (χ4v) is 3.36. The van der Waals surface area contributed by atoms with Crippen molar-refractivity contribution in [3.63, 3.8) is 0 Å². The van der Waals surface area contributed by atoms with Crippen molar-refractivity contribution in [2.75, 3.05) is 18.6 Å². The Morgan fingerprint density at radius 1 is 1.21 bits per heavy atom. The number of nitrogens with zero attached hydrogens (tertiary/aromatic N) is 1. The maximum absolute atomic E-state index is 5.23. The van der Waals surface area contributed by atoms with Crippen LogP contribution >= 0.6 is 23.5 Å². The Balaban J connectivity index is 2.26. The molecule has 2 rings (SSSR count). The topological polar surface area (TPSA) is 21.6 Å². The average molecular weight is 225 g/mol. The van der Waals surface area contributed by atoms with Crippen LogP contribution in [0.1, 0.15) is 0 Å². The van der Waals surface area contributed by atoms with Crippen LogP contribution in [0.25, 0.3) is 0 Å². The minimum atomic E-state index is 0.841. The van der Waals surface area contributed by atoms with Crippen LogP contribution in [-0.4, -0.2) is 23.0 Å². The van der Waals surface area contributed by atoms with Gasteiger partial charge in [0.25, 0.3) is 0 Å². The lowest BCUT2D eigenvalue weighted by molar-refractivity contribution is 0.416. The first-order valence-corrected chi connectivity index (χ1v) is 6.34. The fraction of sp³-hybridized carbons (Fsp3) is 0.300. The summed E-state index contributed by atoms with van der Waals surface area (Å²) in [5, 5.41) is 0. The van der Waals surface area contributed by atoms with Crippen molar-refractivity contribution >= 4 is 33.6 Å². The van der Waals surface area contributed by atoms with Crippen LogP contribution in [-0.2, 0) is 0 Å². The number of thioether (sulfide) groups is 2. The van der Waals surface area contributed by atoms with E-state index in [0.29, 0.717) is 0 Å². The summed E-state index contributed by atoms with van der Waals surface area (Å²) in [6.45, 7) is 0. The number of ether oxygens (including phenoxy) is 1. The minimum Gasteiger partial charge on any atom is -0.494 e. The number of hydrogen-bond donors (Lipinski definition) is 0. The second kappa shape index (κ2) is 4.75. The van der Waals surface area contributed by atoms with Crippen molar-refractivity contribution in [3.8, 4) is 5.75 Å². The Labute approximate surface area is 92.1 Å². The third-order valence-electron chi connectivity index (χ3n) is 1.83. The van der Waals surface area contributed by atoms with E-state index in [2.05, 4.69) is 4.99 Å². The molecule has 4 heteroatoms. The van der Waals surface area contributed by atoms with Gasteiger partial charge >= 0.3 is 0 Å². The molecule has 1 aliphatic rings. The zero-order valence-electron chi connectivity index (χ0n) is 7.90. The first-order valence-electron chi connectivity index (χ1n) is 4.37. The van der Waals surface area contributed by atoms with Gasteiger partial charge in [-0.15, -0.1) is 0 Å². The van der Waals surface area contributed by atoms with E-state index in [4.69, 9.17) is 4.74 Å². The number of hydrogen-bond acceptors (Lipinski definition) is 4. The molecule has 2 nitrogen and oxygen atoms in total. The highest BCUT2D eigenvalue weighted by atomic mass is 32.2. The molecule has 14 heavy (non-hydrogen) atoms. The standard InChI is InChI=1S/C10H11NOS2/c1-12-9-5-3-2-4-8(9)11-10-13-6-7-14-10/h2-5H,6-7H2,1H3. The highest BCUT2D eigenvalue weighted by molar-refractivity contribution is 8.41. The molecule has 1 aromatic rings. The van der Waals surface area contributed by atoms with Gasteiger partial charge in [-0.05, 0) is 12.1 Å². The predicted molar refractivity (Wildman–Crippen MR) is 65.0 cm³/mol. The van der Waals surface area contributed by atoms with Gasteiger partial charge in [-0.25, -0.2) is 4.99 Å². The Hall–Kier alpha value is -0.610. The normalized spacial score (nSPS) is 15.6. The second-order valence-corrected chi connectivity index (χ2v) is 5.17. The molecule has 0 atom stereocenters. The van der Waals surface area contributed by atoms with Crippen LogP contribution in [0.4, 0.5) is 5.69 Å². The zero-order chi connectivity index (χ0) is 9.80. The van der Waals surface area contributed by atoms with Crippen molar-refractivity contribution in [2.45, 2.75) is 0 Å². The highest BCUT2D eigenvalue weighted by Crippen LogP contribution is 2.33. The van der Waals surface area contributed by atoms with E-state index in [1.54, 1.807) is 7.11 Å². The Bertz CT molecular complexity index is 344. The van der Waals surface area contributed by atoms with E-state index in [9.17, 15) is 0 Å². The van der Waals surface area contributed by atoms with Crippen molar-refractivity contribution in [1.29, 1.82) is 0 Å². The van der Waals surface area contributed by atoms with Gasteiger partial charge in [-0.1, -0.05) is 35.7 Å². The van der Waals surface area contributed by atoms with Gasteiger partial charge in [-0.2, -0.15) is 0 Å². The van der Waals surface area contributed by atoms with Crippen LogP contribution in [0.2, 0.25) is 0 Å². The number of methoxy groups -OCH3 is 1. The first kappa shape index (κ1) is 9.93. The molecule has 0 aliphatic carbocycles. The number of aliphatic imine (C=N–C) groups is 1. The van der Waals surface area contributed by atoms with E-state index in [1.165, 1.54) is 11.5 Å². The van der Waals surface area contributed by atoms with Gasteiger partial charge < -0.3 is 4.74 Å². The quantitative estimate of drug-likeness (QED) is 0.771. The summed E-state index contributed by atoms with van der Waals surface area (Å²) in [6.07, 6.45) is 0. The molecular formula is C10H11NOS2. The Morgan fingerprint density at radius 2 is 1.93 bits per heavy atom. The summed E-state index contributed by atoms with van der Waals surface area (Å²) in [5.74, 6) is 3.17. The van der Waals surface area contributed by atoms with Crippen molar-refractivity contribution in [2.24, 2.45) is 4.99 Å². The molecule has 74 valence electrons. The fourth-order valence-electron chi connectivity index (χ4n) is 1.18. The summed E-state index contributed by atoms with van der Waals surface area (Å²) < 4.78 is 6.38. The average Bonchev–Trinajstić information content (AvgIpc) is 2.71. The SMILES string of the molecule is COc1ccccc1N=C1SCCS1. The molecule has 1 heterocycles. The monoisotopic (exact) mass is 225 g/mol. The summed E-state index contributed by atoms with van der Waals surface area (Å²) in [5.41, 5.74) is 0.923. The van der Waals surface area contributed by atoms with Crippen molar-refractivity contribution < 1.29 is 4.74 Å². The number of benzene rings is 1. The van der Waals surface area contributed by atoms with E-state index < -0.39 is 0 Å². The second-order valence-electron chi connectivity index (χ2n) is 2.75. The smallest absolute Gasteiger partial charge is 0.144 e. The van der Waals surface area contributed by atoms with E-state index in [-0.39, 0.29) is 0 Å². The van der Waals surface area contributed by atoms with Crippen LogP contribution in [0, 0.1) is 0 Å². The molecule has 0 saturated carbocycles. The number of rotatable bonds is 2. The molecule has 0 unspecified atom stereocenters. The van der Waals surface area contributed by atoms with E-state index in [1.807, 2.05) is 47.8 Å². The predicted octanol–water partition coefficient (Wildman–Crippen LogP) is 3.16. The summed E-state index contributed by atoms with van der Waals surface area (Å²) in [7, 11) is 1.67. The van der Waals surface area contributed by atoms with Gasteiger partial charge in [0, 0.05) is 11.5 Å². The van der Waals surface area contributed by atoms with Crippen molar-refractivity contribution in [3.05, 3.63) is 24.3 Å². The molecule has 0 radical (unpaired) electrons. The van der Waals surface area contributed by atoms with Gasteiger partial charge in [0.2, 0.25) is 0 Å². The zero-order valence-corrected chi connectivity index (χ0v) is 9.53. The summed E-state index contributed by atoms with van der Waals surface area (Å²) in [6, 6.07) is 7.85. The number of para-hydroxylation sites is 2. The Morgan fingerprint density at radius 3 is 2.64 bits per heavy atom. The molecular weight excluding hydrogens is 214 g/mol. The van der Waals surface area contributed by atoms with Gasteiger partial charge in [-0.3, -0.25) is 0 Å². The molecule has 1 saturated heterocycles. The largest absolute Gasteiger partial charge is 0.494 e. The molecule has 1 aliphatic heterocycles. The molecule has 0 bridgehead atoms. The maximum atomic E-state index is 5.23. The molecule has 0 amide bonds. The molecule has 0 spiro atoms. The van der Waals surface area contributed by atoms with Gasteiger partial charge in [0.1, 0.15) is 15.8 Å². The van der Waals surface area contributed by atoms with Crippen LogP contribution in [0.15, 0.2) is 29.3 Å². The highest BCUT2D eigenvalue weighted by Gasteiger charge is 2.10. The summed E-state index contributed by atoms with van der Waals surface area (Å²) >= 11 is 3.63. The summed E-state index contributed by atoms with van der Waals surface area (Å²) in [4.78, 5) is 4.55. The Kier molecular flexibility index (Phi) is 3.37. The third kappa shape index (κ3) is 2.25. The van der Waals surface area contributed by atoms with Crippen LogP contribution in [0.3, 0.4) is 0 Å². The molecule has 0 N–H and O–H groups in total. The molecule has 1 aromatic carbocycles. The minimum absolute atomic E-state index is 0.841. The third-order valence-corrected chi connectivity index (χ3v) is 4.29. The van der Waals surface area contributed by atoms with E-state index in [0.717, 1.165) is 15.8 Å². The van der Waals surface area contributed by atoms with Crippen molar-refractivity contribution in [1.82, 2.24) is 0 Å². The van der Waals surface area contributed by atoms with E-state index >= 15 is 0 Å². The van der Waals surface area contributed by atoms with Gasteiger partial charge in [0.05, 0.1) is 7.11 Å². The van der Waals surface area contributed by atoms with Gasteiger partial charge in [0.15, 0.2) is 0 Å². The first-order chi connectivity index (χ1) is 6.90. The lowest BCUT2D eigenvalue weighted by Gasteiger charge is -2.03. The lowest BCUT2D eigenvalue weighted by Crippen LogP contribution is -1.83. The maximum Gasteiger partial charge on any atom is 0.144 e.